The summed E-state index contributed by atoms with van der Waals surface area (Å²) in [4.78, 5) is 4.17. The van der Waals surface area contributed by atoms with E-state index >= 15 is 0 Å². The van der Waals surface area contributed by atoms with Gasteiger partial charge in [-0.05, 0) is 43.7 Å². The van der Waals surface area contributed by atoms with E-state index in [9.17, 15) is 0 Å². The normalized spacial score (nSPS) is 19.0. The van der Waals surface area contributed by atoms with Crippen LogP contribution in [0, 0.1) is 5.92 Å². The average Bonchev–Trinajstić information content (AvgIpc) is 2.15. The third-order valence-electron chi connectivity index (χ3n) is 2.38. The summed E-state index contributed by atoms with van der Waals surface area (Å²) in [6.45, 7) is 3.07. The van der Waals surface area contributed by atoms with E-state index in [0.717, 1.165) is 19.4 Å². The maximum Gasteiger partial charge on any atom is 0.0258 e. The largest absolute Gasteiger partial charge is 0.330 e. The summed E-state index contributed by atoms with van der Waals surface area (Å²) in [5, 5.41) is 0. The van der Waals surface area contributed by atoms with Gasteiger partial charge in [-0.1, -0.05) is 6.92 Å². The molecule has 2 heteroatoms. The molecule has 0 aliphatic carbocycles. The Morgan fingerprint density at radius 1 is 1.67 bits per heavy atom. The van der Waals surface area contributed by atoms with Crippen molar-refractivity contribution >= 4 is 6.21 Å². The van der Waals surface area contributed by atoms with Crippen molar-refractivity contribution in [3.8, 4) is 0 Å². The van der Waals surface area contributed by atoms with Gasteiger partial charge in [0.2, 0.25) is 0 Å². The average molecular weight is 166 g/mol. The van der Waals surface area contributed by atoms with Gasteiger partial charge in [0, 0.05) is 12.4 Å². The molecule has 68 valence electrons. The Labute approximate surface area is 74.6 Å². The molecule has 1 rings (SSSR count). The molecule has 0 spiro atoms. The Kier molecular flexibility index (Phi) is 4.01. The lowest BCUT2D eigenvalue weighted by Gasteiger charge is -2.15. The van der Waals surface area contributed by atoms with Crippen LogP contribution in [0.25, 0.3) is 0 Å². The highest BCUT2D eigenvalue weighted by Crippen LogP contribution is 2.22. The minimum absolute atomic E-state index is 0.672. The molecule has 1 atom stereocenters. The van der Waals surface area contributed by atoms with Crippen molar-refractivity contribution in [1.29, 1.82) is 0 Å². The summed E-state index contributed by atoms with van der Waals surface area (Å²) >= 11 is 0. The molecule has 2 N–H and O–H groups in total. The van der Waals surface area contributed by atoms with Crippen molar-refractivity contribution in [2.45, 2.75) is 32.6 Å². The van der Waals surface area contributed by atoms with Gasteiger partial charge < -0.3 is 5.73 Å². The lowest BCUT2D eigenvalue weighted by Crippen LogP contribution is -2.06. The summed E-state index contributed by atoms with van der Waals surface area (Å²) in [5.74, 6) is 0.672. The van der Waals surface area contributed by atoms with Gasteiger partial charge in [0.15, 0.2) is 0 Å². The van der Waals surface area contributed by atoms with Gasteiger partial charge in [-0.2, -0.15) is 0 Å². The van der Waals surface area contributed by atoms with Gasteiger partial charge in [-0.25, -0.2) is 0 Å². The Morgan fingerprint density at radius 2 is 2.50 bits per heavy atom. The highest BCUT2D eigenvalue weighted by molar-refractivity contribution is 5.60. The second kappa shape index (κ2) is 5.09. The third-order valence-corrected chi connectivity index (χ3v) is 2.38. The predicted octanol–water partition coefficient (Wildman–Crippen LogP) is 2.11. The zero-order chi connectivity index (χ0) is 8.81. The summed E-state index contributed by atoms with van der Waals surface area (Å²) < 4.78 is 0. The van der Waals surface area contributed by atoms with Crippen LogP contribution in [-0.4, -0.2) is 12.8 Å². The fraction of sp³-hybridized carbons (Fsp3) is 0.700. The van der Waals surface area contributed by atoms with Crippen molar-refractivity contribution in [3.05, 3.63) is 11.8 Å². The SMILES string of the molecule is CC(CCCN)C1=CN=CCC1. The molecule has 0 aromatic carbocycles. The molecule has 0 saturated carbocycles. The number of nitrogens with two attached hydrogens (primary N) is 1. The Hall–Kier alpha value is -0.630. The fourth-order valence-corrected chi connectivity index (χ4v) is 1.50. The summed E-state index contributed by atoms with van der Waals surface area (Å²) in [7, 11) is 0. The highest BCUT2D eigenvalue weighted by atomic mass is 14.7. The fourth-order valence-electron chi connectivity index (χ4n) is 1.50. The zero-order valence-electron chi connectivity index (χ0n) is 7.79. The van der Waals surface area contributed by atoms with Crippen molar-refractivity contribution < 1.29 is 0 Å². The van der Waals surface area contributed by atoms with Gasteiger partial charge in [-0.15, -0.1) is 0 Å². The first-order valence-corrected chi connectivity index (χ1v) is 4.75. The van der Waals surface area contributed by atoms with Gasteiger partial charge in [0.1, 0.15) is 0 Å². The van der Waals surface area contributed by atoms with Gasteiger partial charge in [0.05, 0.1) is 0 Å². The Balaban J connectivity index is 2.35. The molecule has 12 heavy (non-hydrogen) atoms. The number of hydrogen-bond acceptors (Lipinski definition) is 2. The third kappa shape index (κ3) is 2.78. The van der Waals surface area contributed by atoms with Gasteiger partial charge >= 0.3 is 0 Å². The monoisotopic (exact) mass is 166 g/mol. The van der Waals surface area contributed by atoms with Crippen molar-refractivity contribution in [2.75, 3.05) is 6.54 Å². The Morgan fingerprint density at radius 3 is 3.08 bits per heavy atom. The van der Waals surface area contributed by atoms with E-state index in [0.29, 0.717) is 5.92 Å². The molecule has 0 aromatic rings. The second-order valence-electron chi connectivity index (χ2n) is 3.41. The predicted molar refractivity (Wildman–Crippen MR) is 53.3 cm³/mol. The second-order valence-corrected chi connectivity index (χ2v) is 3.41. The molecule has 0 radical (unpaired) electrons. The molecule has 0 amide bonds. The van der Waals surface area contributed by atoms with Crippen LogP contribution in [0.2, 0.25) is 0 Å². The molecule has 1 heterocycles. The van der Waals surface area contributed by atoms with Crippen molar-refractivity contribution in [1.82, 2.24) is 0 Å². The molecule has 0 bridgehead atoms. The molecule has 1 unspecified atom stereocenters. The smallest absolute Gasteiger partial charge is 0.0258 e. The van der Waals surface area contributed by atoms with Crippen LogP contribution in [-0.2, 0) is 0 Å². The maximum atomic E-state index is 5.46. The Bertz CT molecular complexity index is 182. The van der Waals surface area contributed by atoms with Crippen LogP contribution in [0.3, 0.4) is 0 Å². The number of nitrogens with zero attached hydrogens (tertiary/aromatic N) is 1. The first-order valence-electron chi connectivity index (χ1n) is 4.75. The number of hydrogen-bond donors (Lipinski definition) is 1. The van der Waals surface area contributed by atoms with Crippen LogP contribution in [0.1, 0.15) is 32.6 Å². The molecular weight excluding hydrogens is 148 g/mol. The van der Waals surface area contributed by atoms with Crippen LogP contribution < -0.4 is 5.73 Å². The van der Waals surface area contributed by atoms with E-state index in [1.54, 1.807) is 0 Å². The van der Waals surface area contributed by atoms with Crippen LogP contribution in [0.15, 0.2) is 16.8 Å². The number of allylic oxidation sites excluding steroid dienone is 1. The highest BCUT2D eigenvalue weighted by Gasteiger charge is 2.09. The molecular formula is C10H18N2. The molecule has 1 aliphatic rings. The van der Waals surface area contributed by atoms with E-state index in [2.05, 4.69) is 11.9 Å². The quantitative estimate of drug-likeness (QED) is 0.682. The summed E-state index contributed by atoms with van der Waals surface area (Å²) in [6.07, 6.45) is 8.64. The standard InChI is InChI=1S/C10H18N2/c1-9(4-2-6-11)10-5-3-7-12-8-10/h7-9H,2-6,11H2,1H3. The van der Waals surface area contributed by atoms with Crippen LogP contribution >= 0.6 is 0 Å². The maximum absolute atomic E-state index is 5.46. The topological polar surface area (TPSA) is 38.4 Å². The number of aliphatic imine (C=N–C) groups is 1. The number of rotatable bonds is 4. The minimum Gasteiger partial charge on any atom is -0.330 e. The first kappa shape index (κ1) is 9.46. The van der Waals surface area contributed by atoms with E-state index in [4.69, 9.17) is 5.73 Å². The van der Waals surface area contributed by atoms with Crippen LogP contribution in [0.4, 0.5) is 0 Å². The summed E-state index contributed by atoms with van der Waals surface area (Å²) in [6, 6.07) is 0. The molecule has 2 nitrogen and oxygen atoms in total. The lowest BCUT2D eigenvalue weighted by molar-refractivity contribution is 0.564. The minimum atomic E-state index is 0.672. The first-order chi connectivity index (χ1) is 5.84. The molecule has 0 saturated heterocycles. The van der Waals surface area contributed by atoms with E-state index in [1.807, 2.05) is 12.4 Å². The van der Waals surface area contributed by atoms with E-state index < -0.39 is 0 Å². The van der Waals surface area contributed by atoms with Gasteiger partial charge in [0.25, 0.3) is 0 Å². The van der Waals surface area contributed by atoms with E-state index in [1.165, 1.54) is 18.4 Å². The lowest BCUT2D eigenvalue weighted by atomic mass is 9.92. The van der Waals surface area contributed by atoms with Gasteiger partial charge in [-0.3, -0.25) is 4.99 Å². The zero-order valence-corrected chi connectivity index (χ0v) is 7.79. The summed E-state index contributed by atoms with van der Waals surface area (Å²) in [5.41, 5.74) is 6.95. The molecule has 1 aliphatic heterocycles. The van der Waals surface area contributed by atoms with Crippen molar-refractivity contribution in [3.63, 3.8) is 0 Å². The van der Waals surface area contributed by atoms with E-state index in [-0.39, 0.29) is 0 Å². The molecule has 0 aromatic heterocycles. The molecule has 0 fully saturated rings. The van der Waals surface area contributed by atoms with Crippen molar-refractivity contribution in [2.24, 2.45) is 16.6 Å². The van der Waals surface area contributed by atoms with Crippen LogP contribution in [0.5, 0.6) is 0 Å².